The third-order valence-corrected chi connectivity index (χ3v) is 4.10. The summed E-state index contributed by atoms with van der Waals surface area (Å²) in [7, 11) is 0. The number of nitro groups is 1. The van der Waals surface area contributed by atoms with E-state index in [0.717, 1.165) is 32.6 Å². The standard InChI is InChI=1S/C12H18N6O2/c13-12-14-7-10(18(19)20)11(15-12)17-6-5-16-4-2-1-3-9(16)8-17/h7,9H,1-6,8H2,(H2,13,14,15). The summed E-state index contributed by atoms with van der Waals surface area (Å²) in [4.78, 5) is 22.9. The molecule has 3 heterocycles. The monoisotopic (exact) mass is 278 g/mol. The first-order chi connectivity index (χ1) is 9.65. The fourth-order valence-corrected chi connectivity index (χ4v) is 3.09. The lowest BCUT2D eigenvalue weighted by Gasteiger charge is -2.44. The zero-order valence-electron chi connectivity index (χ0n) is 11.2. The van der Waals surface area contributed by atoms with Gasteiger partial charge in [0.15, 0.2) is 0 Å². The molecule has 0 aromatic carbocycles. The van der Waals surface area contributed by atoms with Gasteiger partial charge in [0.25, 0.3) is 0 Å². The average Bonchev–Trinajstić information content (AvgIpc) is 2.46. The predicted octanol–water partition coefficient (Wildman–Crippen LogP) is 0.641. The summed E-state index contributed by atoms with van der Waals surface area (Å²) in [6.07, 6.45) is 4.82. The van der Waals surface area contributed by atoms with Crippen LogP contribution in [0.25, 0.3) is 0 Å². The van der Waals surface area contributed by atoms with Crippen LogP contribution in [0.1, 0.15) is 19.3 Å². The van der Waals surface area contributed by atoms with E-state index in [2.05, 4.69) is 14.9 Å². The van der Waals surface area contributed by atoms with Gasteiger partial charge < -0.3 is 10.6 Å². The molecule has 2 aliphatic rings. The Balaban J connectivity index is 1.85. The molecule has 0 spiro atoms. The summed E-state index contributed by atoms with van der Waals surface area (Å²) in [6, 6.07) is 0.466. The van der Waals surface area contributed by atoms with Gasteiger partial charge in [0, 0.05) is 25.7 Å². The Kier molecular flexibility index (Phi) is 3.39. The molecule has 0 saturated carbocycles. The van der Waals surface area contributed by atoms with E-state index in [0.29, 0.717) is 11.9 Å². The zero-order chi connectivity index (χ0) is 14.1. The molecular formula is C12H18N6O2. The molecule has 3 rings (SSSR count). The lowest BCUT2D eigenvalue weighted by atomic mass is 9.99. The highest BCUT2D eigenvalue weighted by Gasteiger charge is 2.32. The normalized spacial score (nSPS) is 23.4. The minimum Gasteiger partial charge on any atom is -0.368 e. The number of nitrogens with two attached hydrogens (primary N) is 1. The molecule has 1 atom stereocenters. The minimum absolute atomic E-state index is 0.0662. The number of rotatable bonds is 2. The van der Waals surface area contributed by atoms with E-state index in [1.54, 1.807) is 0 Å². The van der Waals surface area contributed by atoms with E-state index >= 15 is 0 Å². The van der Waals surface area contributed by atoms with Crippen molar-refractivity contribution in [1.29, 1.82) is 0 Å². The van der Waals surface area contributed by atoms with Gasteiger partial charge in [0.05, 0.1) is 4.92 Å². The van der Waals surface area contributed by atoms with Gasteiger partial charge in [0.1, 0.15) is 6.20 Å². The number of hydrogen-bond acceptors (Lipinski definition) is 7. The topological polar surface area (TPSA) is 101 Å². The fraction of sp³-hybridized carbons (Fsp3) is 0.667. The molecule has 20 heavy (non-hydrogen) atoms. The first-order valence-electron chi connectivity index (χ1n) is 6.91. The van der Waals surface area contributed by atoms with Crippen molar-refractivity contribution in [3.05, 3.63) is 16.3 Å². The van der Waals surface area contributed by atoms with Crippen LogP contribution in [0.15, 0.2) is 6.20 Å². The first kappa shape index (κ1) is 13.0. The average molecular weight is 278 g/mol. The van der Waals surface area contributed by atoms with Gasteiger partial charge in [-0.1, -0.05) is 6.42 Å². The van der Waals surface area contributed by atoms with Crippen molar-refractivity contribution in [3.63, 3.8) is 0 Å². The molecule has 0 bridgehead atoms. The summed E-state index contributed by atoms with van der Waals surface area (Å²) in [5.74, 6) is 0.435. The van der Waals surface area contributed by atoms with E-state index in [4.69, 9.17) is 5.73 Å². The maximum atomic E-state index is 11.1. The van der Waals surface area contributed by atoms with Crippen LogP contribution in [0.2, 0.25) is 0 Å². The molecule has 2 saturated heterocycles. The molecule has 0 radical (unpaired) electrons. The summed E-state index contributed by atoms with van der Waals surface area (Å²) < 4.78 is 0. The molecule has 1 aromatic rings. The fourth-order valence-electron chi connectivity index (χ4n) is 3.09. The molecule has 1 aromatic heterocycles. The maximum absolute atomic E-state index is 11.1. The molecule has 8 nitrogen and oxygen atoms in total. The Hall–Kier alpha value is -1.96. The lowest BCUT2D eigenvalue weighted by Crippen LogP contribution is -2.55. The van der Waals surface area contributed by atoms with Gasteiger partial charge >= 0.3 is 5.69 Å². The number of nitrogens with zero attached hydrogens (tertiary/aromatic N) is 5. The van der Waals surface area contributed by atoms with Gasteiger partial charge in [0.2, 0.25) is 11.8 Å². The van der Waals surface area contributed by atoms with Crippen molar-refractivity contribution < 1.29 is 4.92 Å². The number of fused-ring (bicyclic) bond motifs is 1. The SMILES string of the molecule is Nc1ncc([N+](=O)[O-])c(N2CCN3CCCCC3C2)n1. The first-order valence-corrected chi connectivity index (χ1v) is 6.91. The van der Waals surface area contributed by atoms with E-state index in [1.807, 2.05) is 4.90 Å². The number of anilines is 2. The summed E-state index contributed by atoms with van der Waals surface area (Å²) in [6.45, 7) is 3.57. The third-order valence-electron chi connectivity index (χ3n) is 4.10. The van der Waals surface area contributed by atoms with Crippen molar-refractivity contribution in [2.45, 2.75) is 25.3 Å². The maximum Gasteiger partial charge on any atom is 0.329 e. The van der Waals surface area contributed by atoms with Crippen LogP contribution in [0.4, 0.5) is 17.5 Å². The van der Waals surface area contributed by atoms with E-state index in [-0.39, 0.29) is 11.6 Å². The minimum atomic E-state index is -0.442. The Morgan fingerprint density at radius 3 is 3.00 bits per heavy atom. The second-order valence-electron chi connectivity index (χ2n) is 5.33. The summed E-state index contributed by atoms with van der Waals surface area (Å²) >= 11 is 0. The Morgan fingerprint density at radius 2 is 2.20 bits per heavy atom. The number of piperazine rings is 1. The Labute approximate surface area is 116 Å². The summed E-state index contributed by atoms with van der Waals surface area (Å²) in [5, 5.41) is 11.1. The van der Waals surface area contributed by atoms with Crippen molar-refractivity contribution in [3.8, 4) is 0 Å². The van der Waals surface area contributed by atoms with Crippen LogP contribution < -0.4 is 10.6 Å². The number of aromatic nitrogens is 2. The smallest absolute Gasteiger partial charge is 0.329 e. The van der Waals surface area contributed by atoms with Crippen LogP contribution in [0.3, 0.4) is 0 Å². The molecule has 2 fully saturated rings. The third kappa shape index (κ3) is 2.38. The van der Waals surface area contributed by atoms with Crippen molar-refractivity contribution >= 4 is 17.5 Å². The van der Waals surface area contributed by atoms with Crippen LogP contribution in [-0.2, 0) is 0 Å². The Bertz CT molecular complexity index is 523. The van der Waals surface area contributed by atoms with Crippen LogP contribution in [0, 0.1) is 10.1 Å². The van der Waals surface area contributed by atoms with Gasteiger partial charge in [-0.05, 0) is 19.4 Å². The van der Waals surface area contributed by atoms with Gasteiger partial charge in [-0.3, -0.25) is 15.0 Å². The van der Waals surface area contributed by atoms with Crippen molar-refractivity contribution in [2.24, 2.45) is 0 Å². The summed E-state index contributed by atoms with van der Waals surface area (Å²) in [5.41, 5.74) is 5.52. The quantitative estimate of drug-likeness (QED) is 0.625. The van der Waals surface area contributed by atoms with Crippen LogP contribution >= 0.6 is 0 Å². The highest BCUT2D eigenvalue weighted by Crippen LogP contribution is 2.29. The molecule has 2 N–H and O–H groups in total. The molecule has 1 unspecified atom stereocenters. The zero-order valence-corrected chi connectivity index (χ0v) is 11.2. The lowest BCUT2D eigenvalue weighted by molar-refractivity contribution is -0.384. The van der Waals surface area contributed by atoms with E-state index in [9.17, 15) is 10.1 Å². The van der Waals surface area contributed by atoms with E-state index < -0.39 is 4.92 Å². The van der Waals surface area contributed by atoms with Crippen molar-refractivity contribution in [1.82, 2.24) is 14.9 Å². The number of hydrogen-bond donors (Lipinski definition) is 1. The van der Waals surface area contributed by atoms with Gasteiger partial charge in [-0.15, -0.1) is 0 Å². The highest BCUT2D eigenvalue weighted by atomic mass is 16.6. The predicted molar refractivity (Wildman–Crippen MR) is 74.5 cm³/mol. The number of nitrogen functional groups attached to an aromatic ring is 1. The molecule has 8 heteroatoms. The van der Waals surface area contributed by atoms with Crippen molar-refractivity contribution in [2.75, 3.05) is 36.8 Å². The van der Waals surface area contributed by atoms with Crippen LogP contribution in [-0.4, -0.2) is 52.0 Å². The largest absolute Gasteiger partial charge is 0.368 e. The molecule has 0 aliphatic carbocycles. The van der Waals surface area contributed by atoms with Crippen LogP contribution in [0.5, 0.6) is 0 Å². The van der Waals surface area contributed by atoms with Gasteiger partial charge in [-0.25, -0.2) is 4.98 Å². The molecule has 0 amide bonds. The second-order valence-corrected chi connectivity index (χ2v) is 5.33. The molecular weight excluding hydrogens is 260 g/mol. The highest BCUT2D eigenvalue weighted by molar-refractivity contribution is 5.58. The number of piperidine rings is 1. The van der Waals surface area contributed by atoms with E-state index in [1.165, 1.54) is 19.0 Å². The Morgan fingerprint density at radius 1 is 1.35 bits per heavy atom. The van der Waals surface area contributed by atoms with Gasteiger partial charge in [-0.2, -0.15) is 4.98 Å². The second kappa shape index (κ2) is 5.20. The molecule has 2 aliphatic heterocycles. The molecule has 108 valence electrons.